The quantitative estimate of drug-likeness (QED) is 0.825. The number of hydrogen-bond donors (Lipinski definition) is 1. The summed E-state index contributed by atoms with van der Waals surface area (Å²) in [5.74, 6) is 0. The number of aryl methyl sites for hydroxylation is 1. The second-order valence-corrected chi connectivity index (χ2v) is 5.54. The molecule has 1 N–H and O–H groups in total. The summed E-state index contributed by atoms with van der Waals surface area (Å²) in [5, 5.41) is 3.46. The molecule has 0 aromatic heterocycles. The second-order valence-electron chi connectivity index (χ2n) is 5.54. The summed E-state index contributed by atoms with van der Waals surface area (Å²) in [5.41, 5.74) is 2.93. The molecule has 1 atom stereocenters. The van der Waals surface area contributed by atoms with Gasteiger partial charge < -0.3 is 4.74 Å². The van der Waals surface area contributed by atoms with Crippen LogP contribution in [0.3, 0.4) is 0 Å². The zero-order valence-electron chi connectivity index (χ0n) is 10.4. The number of benzene rings is 1. The molecule has 0 radical (unpaired) electrons. The van der Waals surface area contributed by atoms with E-state index in [9.17, 15) is 0 Å². The normalized spacial score (nSPS) is 24.3. The lowest BCUT2D eigenvalue weighted by atomic mass is 9.93. The van der Waals surface area contributed by atoms with Crippen molar-refractivity contribution in [1.82, 2.24) is 5.32 Å². The molecule has 2 nitrogen and oxygen atoms in total. The van der Waals surface area contributed by atoms with Crippen LogP contribution in [0.1, 0.15) is 25.0 Å². The van der Waals surface area contributed by atoms with Crippen molar-refractivity contribution in [2.45, 2.75) is 33.4 Å². The third kappa shape index (κ3) is 3.06. The Hall–Kier alpha value is -0.860. The van der Waals surface area contributed by atoms with E-state index in [0.717, 1.165) is 19.6 Å². The van der Waals surface area contributed by atoms with Crippen LogP contribution in [0.4, 0.5) is 0 Å². The molecular weight excluding hydrogens is 198 g/mol. The molecular formula is C14H21NO. The average molecular weight is 219 g/mol. The highest BCUT2D eigenvalue weighted by molar-refractivity contribution is 5.22. The second kappa shape index (κ2) is 4.56. The molecule has 1 fully saturated rings. The van der Waals surface area contributed by atoms with Gasteiger partial charge in [0.1, 0.15) is 6.23 Å². The molecule has 88 valence electrons. The first-order valence-electron chi connectivity index (χ1n) is 5.96. The highest BCUT2D eigenvalue weighted by Crippen LogP contribution is 2.20. The Morgan fingerprint density at radius 2 is 2.25 bits per heavy atom. The SMILES string of the molecule is Cc1cccc(CC2NCC(C)(C)CO2)c1. The monoisotopic (exact) mass is 219 g/mol. The average Bonchev–Trinajstić information content (AvgIpc) is 2.21. The zero-order valence-corrected chi connectivity index (χ0v) is 10.4. The maximum absolute atomic E-state index is 5.83. The van der Waals surface area contributed by atoms with E-state index in [2.05, 4.69) is 50.4 Å². The van der Waals surface area contributed by atoms with Crippen molar-refractivity contribution in [3.05, 3.63) is 35.4 Å². The Balaban J connectivity index is 1.92. The molecule has 1 heterocycles. The van der Waals surface area contributed by atoms with Crippen molar-refractivity contribution in [2.75, 3.05) is 13.2 Å². The van der Waals surface area contributed by atoms with E-state index >= 15 is 0 Å². The predicted molar refractivity (Wildman–Crippen MR) is 66.4 cm³/mol. The van der Waals surface area contributed by atoms with Crippen LogP contribution < -0.4 is 5.32 Å². The van der Waals surface area contributed by atoms with E-state index in [0.29, 0.717) is 0 Å². The van der Waals surface area contributed by atoms with Crippen molar-refractivity contribution in [3.8, 4) is 0 Å². The third-order valence-corrected chi connectivity index (χ3v) is 2.99. The Kier molecular flexibility index (Phi) is 3.31. The third-order valence-electron chi connectivity index (χ3n) is 2.99. The number of hydrogen-bond acceptors (Lipinski definition) is 2. The van der Waals surface area contributed by atoms with Crippen LogP contribution >= 0.6 is 0 Å². The molecule has 1 aliphatic heterocycles. The smallest absolute Gasteiger partial charge is 0.112 e. The van der Waals surface area contributed by atoms with E-state index in [-0.39, 0.29) is 11.6 Å². The van der Waals surface area contributed by atoms with Crippen molar-refractivity contribution < 1.29 is 4.74 Å². The largest absolute Gasteiger partial charge is 0.362 e. The summed E-state index contributed by atoms with van der Waals surface area (Å²) < 4.78 is 5.83. The maximum atomic E-state index is 5.83. The summed E-state index contributed by atoms with van der Waals surface area (Å²) in [7, 11) is 0. The molecule has 0 spiro atoms. The predicted octanol–water partition coefficient (Wildman–Crippen LogP) is 2.51. The summed E-state index contributed by atoms with van der Waals surface area (Å²) in [6.45, 7) is 8.45. The fourth-order valence-corrected chi connectivity index (χ4v) is 2.01. The van der Waals surface area contributed by atoms with Gasteiger partial charge in [-0.15, -0.1) is 0 Å². The van der Waals surface area contributed by atoms with Crippen LogP contribution in [0.2, 0.25) is 0 Å². The van der Waals surface area contributed by atoms with Gasteiger partial charge in [-0.3, -0.25) is 5.32 Å². The van der Waals surface area contributed by atoms with Gasteiger partial charge in [0.25, 0.3) is 0 Å². The molecule has 1 unspecified atom stereocenters. The standard InChI is InChI=1S/C14H21NO/c1-11-5-4-6-12(7-11)8-13-15-9-14(2,3)10-16-13/h4-7,13,15H,8-10H2,1-3H3. The van der Waals surface area contributed by atoms with Gasteiger partial charge in [0.15, 0.2) is 0 Å². The van der Waals surface area contributed by atoms with Crippen molar-refractivity contribution in [1.29, 1.82) is 0 Å². The van der Waals surface area contributed by atoms with Crippen molar-refractivity contribution >= 4 is 0 Å². The lowest BCUT2D eigenvalue weighted by Gasteiger charge is -2.35. The van der Waals surface area contributed by atoms with E-state index in [4.69, 9.17) is 4.74 Å². The molecule has 1 aliphatic rings. The molecule has 0 amide bonds. The van der Waals surface area contributed by atoms with Gasteiger partial charge in [0, 0.05) is 18.4 Å². The maximum Gasteiger partial charge on any atom is 0.112 e. The molecule has 0 bridgehead atoms. The van der Waals surface area contributed by atoms with Gasteiger partial charge in [-0.1, -0.05) is 43.7 Å². The van der Waals surface area contributed by atoms with Gasteiger partial charge in [-0.05, 0) is 12.5 Å². The van der Waals surface area contributed by atoms with Gasteiger partial charge in [0.2, 0.25) is 0 Å². The van der Waals surface area contributed by atoms with Gasteiger partial charge >= 0.3 is 0 Å². The van der Waals surface area contributed by atoms with Crippen molar-refractivity contribution in [3.63, 3.8) is 0 Å². The van der Waals surface area contributed by atoms with Gasteiger partial charge in [0.05, 0.1) is 6.61 Å². The Morgan fingerprint density at radius 3 is 2.88 bits per heavy atom. The van der Waals surface area contributed by atoms with E-state index < -0.39 is 0 Å². The van der Waals surface area contributed by atoms with Crippen LogP contribution in [-0.4, -0.2) is 19.4 Å². The first kappa shape index (κ1) is 11.6. The summed E-state index contributed by atoms with van der Waals surface area (Å²) in [6.07, 6.45) is 1.13. The van der Waals surface area contributed by atoms with Crippen LogP contribution in [0.15, 0.2) is 24.3 Å². The highest BCUT2D eigenvalue weighted by atomic mass is 16.5. The summed E-state index contributed by atoms with van der Waals surface area (Å²) in [6, 6.07) is 8.63. The Labute approximate surface area is 98.0 Å². The lowest BCUT2D eigenvalue weighted by molar-refractivity contribution is -0.0566. The molecule has 1 aromatic rings. The molecule has 1 saturated heterocycles. The fraction of sp³-hybridized carbons (Fsp3) is 0.571. The van der Waals surface area contributed by atoms with Crippen LogP contribution in [0.25, 0.3) is 0 Å². The first-order valence-corrected chi connectivity index (χ1v) is 5.96. The summed E-state index contributed by atoms with van der Waals surface area (Å²) in [4.78, 5) is 0. The Bertz CT molecular complexity index is 350. The minimum atomic E-state index is 0.176. The summed E-state index contributed by atoms with van der Waals surface area (Å²) >= 11 is 0. The fourth-order valence-electron chi connectivity index (χ4n) is 2.01. The van der Waals surface area contributed by atoms with Gasteiger partial charge in [-0.2, -0.15) is 0 Å². The van der Waals surface area contributed by atoms with Gasteiger partial charge in [-0.25, -0.2) is 0 Å². The molecule has 1 aromatic carbocycles. The van der Waals surface area contributed by atoms with Crippen LogP contribution in [-0.2, 0) is 11.2 Å². The Morgan fingerprint density at radius 1 is 1.44 bits per heavy atom. The molecule has 2 rings (SSSR count). The van der Waals surface area contributed by atoms with E-state index in [1.54, 1.807) is 0 Å². The molecule has 16 heavy (non-hydrogen) atoms. The number of nitrogens with one attached hydrogen (secondary N) is 1. The van der Waals surface area contributed by atoms with Crippen molar-refractivity contribution in [2.24, 2.45) is 5.41 Å². The number of rotatable bonds is 2. The molecule has 0 aliphatic carbocycles. The first-order chi connectivity index (χ1) is 7.55. The molecule has 0 saturated carbocycles. The highest BCUT2D eigenvalue weighted by Gasteiger charge is 2.26. The van der Waals surface area contributed by atoms with E-state index in [1.165, 1.54) is 11.1 Å². The van der Waals surface area contributed by atoms with Crippen LogP contribution in [0.5, 0.6) is 0 Å². The minimum absolute atomic E-state index is 0.176. The minimum Gasteiger partial charge on any atom is -0.362 e. The van der Waals surface area contributed by atoms with E-state index in [1.807, 2.05) is 0 Å². The lowest BCUT2D eigenvalue weighted by Crippen LogP contribution is -2.48. The zero-order chi connectivity index (χ0) is 11.6. The molecule has 2 heteroatoms. The van der Waals surface area contributed by atoms with Crippen LogP contribution in [0, 0.1) is 12.3 Å². The number of ether oxygens (including phenoxy) is 1. The topological polar surface area (TPSA) is 21.3 Å².